The van der Waals surface area contributed by atoms with E-state index in [-0.39, 0.29) is 6.04 Å². The van der Waals surface area contributed by atoms with Crippen LogP contribution in [0.1, 0.15) is 31.0 Å². The molecule has 0 aliphatic heterocycles. The van der Waals surface area contributed by atoms with Gasteiger partial charge in [0.15, 0.2) is 0 Å². The molecule has 2 unspecified atom stereocenters. The van der Waals surface area contributed by atoms with Gasteiger partial charge in [-0.3, -0.25) is 0 Å². The molecule has 106 valence electrons. The number of rotatable bonds is 5. The lowest BCUT2D eigenvalue weighted by Crippen LogP contribution is -2.30. The van der Waals surface area contributed by atoms with E-state index < -0.39 is 0 Å². The summed E-state index contributed by atoms with van der Waals surface area (Å²) < 4.78 is 0. The van der Waals surface area contributed by atoms with E-state index in [1.807, 2.05) is 24.3 Å². The van der Waals surface area contributed by atoms with Gasteiger partial charge in [0, 0.05) is 12.1 Å². The zero-order chi connectivity index (χ0) is 14.5. The highest BCUT2D eigenvalue weighted by Gasteiger charge is 2.10. The Kier molecular flexibility index (Phi) is 4.64. The highest BCUT2D eigenvalue weighted by molar-refractivity contribution is 5.29. The van der Waals surface area contributed by atoms with Crippen LogP contribution < -0.4 is 5.32 Å². The summed E-state index contributed by atoms with van der Waals surface area (Å²) in [5.41, 5.74) is 2.26. The van der Waals surface area contributed by atoms with E-state index >= 15 is 0 Å². The van der Waals surface area contributed by atoms with Crippen LogP contribution in [0.25, 0.3) is 0 Å². The SMILES string of the molecule is CC(Cc1ccc(O)cc1)NC(C)c1cccc(O)c1. The molecule has 0 fully saturated rings. The summed E-state index contributed by atoms with van der Waals surface area (Å²) in [6.07, 6.45) is 0.892. The van der Waals surface area contributed by atoms with Gasteiger partial charge in [-0.2, -0.15) is 0 Å². The first-order valence-electron chi connectivity index (χ1n) is 6.87. The fourth-order valence-electron chi connectivity index (χ4n) is 2.36. The second-order valence-electron chi connectivity index (χ2n) is 5.25. The lowest BCUT2D eigenvalue weighted by molar-refractivity contribution is 0.460. The third-order valence-electron chi connectivity index (χ3n) is 3.38. The molecule has 0 aromatic heterocycles. The van der Waals surface area contributed by atoms with Crippen molar-refractivity contribution in [2.75, 3.05) is 0 Å². The molecule has 3 nitrogen and oxygen atoms in total. The van der Waals surface area contributed by atoms with Crippen molar-refractivity contribution in [2.24, 2.45) is 0 Å². The molecule has 0 saturated heterocycles. The highest BCUT2D eigenvalue weighted by Crippen LogP contribution is 2.19. The number of phenolic OH excluding ortho intramolecular Hbond substituents is 2. The van der Waals surface area contributed by atoms with Crippen LogP contribution >= 0.6 is 0 Å². The predicted molar refractivity (Wildman–Crippen MR) is 80.9 cm³/mol. The molecule has 0 saturated carbocycles. The van der Waals surface area contributed by atoms with Crippen LogP contribution in [0.4, 0.5) is 0 Å². The molecule has 2 atom stereocenters. The lowest BCUT2D eigenvalue weighted by atomic mass is 10.0. The largest absolute Gasteiger partial charge is 0.508 e. The molecule has 2 aromatic rings. The van der Waals surface area contributed by atoms with Gasteiger partial charge in [-0.1, -0.05) is 24.3 Å². The van der Waals surface area contributed by atoms with Crippen molar-refractivity contribution in [1.29, 1.82) is 0 Å². The van der Waals surface area contributed by atoms with Crippen molar-refractivity contribution >= 4 is 0 Å². The van der Waals surface area contributed by atoms with Gasteiger partial charge in [0.05, 0.1) is 0 Å². The predicted octanol–water partition coefficient (Wildman–Crippen LogP) is 3.38. The van der Waals surface area contributed by atoms with Gasteiger partial charge in [-0.25, -0.2) is 0 Å². The van der Waals surface area contributed by atoms with Gasteiger partial charge >= 0.3 is 0 Å². The number of benzene rings is 2. The van der Waals surface area contributed by atoms with Crippen molar-refractivity contribution in [1.82, 2.24) is 5.32 Å². The Morgan fingerprint density at radius 1 is 0.950 bits per heavy atom. The summed E-state index contributed by atoms with van der Waals surface area (Å²) in [5, 5.41) is 22.3. The first kappa shape index (κ1) is 14.4. The minimum Gasteiger partial charge on any atom is -0.508 e. The molecule has 0 aliphatic rings. The number of hydrogen-bond donors (Lipinski definition) is 3. The van der Waals surface area contributed by atoms with E-state index in [2.05, 4.69) is 19.2 Å². The van der Waals surface area contributed by atoms with Crippen LogP contribution in [0.2, 0.25) is 0 Å². The second kappa shape index (κ2) is 6.44. The molecule has 0 amide bonds. The zero-order valence-corrected chi connectivity index (χ0v) is 11.9. The minimum absolute atomic E-state index is 0.175. The van der Waals surface area contributed by atoms with Crippen molar-refractivity contribution in [3.8, 4) is 11.5 Å². The summed E-state index contributed by atoms with van der Waals surface area (Å²) in [6, 6.07) is 15.1. The van der Waals surface area contributed by atoms with Crippen LogP contribution in [0.15, 0.2) is 48.5 Å². The fourth-order valence-corrected chi connectivity index (χ4v) is 2.36. The Bertz CT molecular complexity index is 551. The van der Waals surface area contributed by atoms with Crippen molar-refractivity contribution in [2.45, 2.75) is 32.4 Å². The van der Waals surface area contributed by atoms with E-state index in [0.717, 1.165) is 12.0 Å². The summed E-state index contributed by atoms with van der Waals surface area (Å²) >= 11 is 0. The van der Waals surface area contributed by atoms with Crippen LogP contribution in [-0.4, -0.2) is 16.3 Å². The first-order chi connectivity index (χ1) is 9.54. The van der Waals surface area contributed by atoms with Gasteiger partial charge in [-0.15, -0.1) is 0 Å². The second-order valence-corrected chi connectivity index (χ2v) is 5.25. The molecular formula is C17H21NO2. The Morgan fingerprint density at radius 2 is 1.65 bits per heavy atom. The quantitative estimate of drug-likeness (QED) is 0.781. The molecule has 0 spiro atoms. The van der Waals surface area contributed by atoms with Crippen molar-refractivity contribution < 1.29 is 10.2 Å². The molecular weight excluding hydrogens is 250 g/mol. The van der Waals surface area contributed by atoms with Gasteiger partial charge in [0.1, 0.15) is 11.5 Å². The summed E-state index contributed by atoms with van der Waals surface area (Å²) in [5.74, 6) is 0.588. The smallest absolute Gasteiger partial charge is 0.115 e. The molecule has 0 bridgehead atoms. The van der Waals surface area contributed by atoms with Crippen LogP contribution in [0.5, 0.6) is 11.5 Å². The molecule has 2 aromatic carbocycles. The van der Waals surface area contributed by atoms with Gasteiger partial charge < -0.3 is 15.5 Å². The highest BCUT2D eigenvalue weighted by atomic mass is 16.3. The normalized spacial score (nSPS) is 13.9. The minimum atomic E-state index is 0.175. The average Bonchev–Trinajstić information content (AvgIpc) is 2.41. The van der Waals surface area contributed by atoms with Gasteiger partial charge in [-0.05, 0) is 55.7 Å². The molecule has 20 heavy (non-hydrogen) atoms. The Hall–Kier alpha value is -2.00. The van der Waals surface area contributed by atoms with Gasteiger partial charge in [0.25, 0.3) is 0 Å². The third kappa shape index (κ3) is 4.00. The maximum atomic E-state index is 9.51. The van der Waals surface area contributed by atoms with Crippen LogP contribution in [-0.2, 0) is 6.42 Å². The molecule has 0 radical (unpaired) electrons. The summed E-state index contributed by atoms with van der Waals surface area (Å²) in [4.78, 5) is 0. The summed E-state index contributed by atoms with van der Waals surface area (Å²) in [6.45, 7) is 4.22. The molecule has 2 rings (SSSR count). The molecule has 3 heteroatoms. The lowest BCUT2D eigenvalue weighted by Gasteiger charge is -2.20. The Morgan fingerprint density at radius 3 is 2.30 bits per heavy atom. The zero-order valence-electron chi connectivity index (χ0n) is 11.9. The summed E-state index contributed by atoms with van der Waals surface area (Å²) in [7, 11) is 0. The Labute approximate surface area is 119 Å². The molecule has 0 heterocycles. The standard InChI is InChI=1S/C17H21NO2/c1-12(10-14-6-8-16(19)9-7-14)18-13(2)15-4-3-5-17(20)11-15/h3-9,11-13,18-20H,10H2,1-2H3. The molecule has 0 aliphatic carbocycles. The topological polar surface area (TPSA) is 52.5 Å². The van der Waals surface area contributed by atoms with Crippen molar-refractivity contribution in [3.05, 3.63) is 59.7 Å². The van der Waals surface area contributed by atoms with Crippen LogP contribution in [0.3, 0.4) is 0 Å². The van der Waals surface area contributed by atoms with Crippen molar-refractivity contribution in [3.63, 3.8) is 0 Å². The third-order valence-corrected chi connectivity index (χ3v) is 3.38. The van der Waals surface area contributed by atoms with E-state index in [1.165, 1.54) is 5.56 Å². The fraction of sp³-hybridized carbons (Fsp3) is 0.294. The first-order valence-corrected chi connectivity index (χ1v) is 6.87. The Balaban J connectivity index is 1.93. The van der Waals surface area contributed by atoms with E-state index in [0.29, 0.717) is 17.5 Å². The number of hydrogen-bond acceptors (Lipinski definition) is 3. The van der Waals surface area contributed by atoms with Crippen LogP contribution in [0, 0.1) is 0 Å². The monoisotopic (exact) mass is 271 g/mol. The maximum Gasteiger partial charge on any atom is 0.115 e. The van der Waals surface area contributed by atoms with E-state index in [9.17, 15) is 10.2 Å². The van der Waals surface area contributed by atoms with Gasteiger partial charge in [0.2, 0.25) is 0 Å². The van der Waals surface area contributed by atoms with E-state index in [1.54, 1.807) is 24.3 Å². The molecule has 3 N–H and O–H groups in total. The van der Waals surface area contributed by atoms with E-state index in [4.69, 9.17) is 0 Å². The number of phenols is 2. The number of nitrogens with one attached hydrogen (secondary N) is 1. The average molecular weight is 271 g/mol. The maximum absolute atomic E-state index is 9.51. The number of aromatic hydroxyl groups is 2.